The van der Waals surface area contributed by atoms with E-state index in [2.05, 4.69) is 74.6 Å². The normalized spacial score (nSPS) is 13.3. The van der Waals surface area contributed by atoms with E-state index in [0.29, 0.717) is 19.3 Å². The van der Waals surface area contributed by atoms with E-state index in [9.17, 15) is 19.5 Å². The molecule has 0 aliphatic rings. The Balaban J connectivity index is 4.25. The SMILES string of the molecule is CC/C=C/C/C=C/C/C=C/C/C=C/C/C=C/CCCCCCC(=O)OC(COCCC(C(=O)O)[N+](C)(C)C)COC(=O)CCCCCCCCCCCCCCCCCCCCCCC. The molecule has 0 aliphatic carbocycles. The lowest BCUT2D eigenvalue weighted by molar-refractivity contribution is -0.887. The minimum absolute atomic E-state index is 0.0507. The van der Waals surface area contributed by atoms with Crippen LogP contribution in [0.3, 0.4) is 0 Å². The summed E-state index contributed by atoms with van der Waals surface area (Å²) in [5.74, 6) is -1.49. The first kappa shape index (κ1) is 62.0. The molecule has 0 aromatic heterocycles. The van der Waals surface area contributed by atoms with Crippen molar-refractivity contribution >= 4 is 17.9 Å². The molecule has 0 spiro atoms. The van der Waals surface area contributed by atoms with Crippen molar-refractivity contribution in [1.29, 1.82) is 0 Å². The number of ether oxygens (including phenoxy) is 3. The van der Waals surface area contributed by atoms with Crippen LogP contribution < -0.4 is 0 Å². The zero-order valence-electron chi connectivity index (χ0n) is 42.9. The summed E-state index contributed by atoms with van der Waals surface area (Å²) in [6.07, 6.45) is 59.9. The van der Waals surface area contributed by atoms with Crippen LogP contribution in [0.5, 0.6) is 0 Å². The maximum Gasteiger partial charge on any atom is 0.362 e. The second kappa shape index (κ2) is 47.5. The van der Waals surface area contributed by atoms with Gasteiger partial charge in [0.1, 0.15) is 6.61 Å². The molecule has 0 aromatic rings. The number of carbonyl (C=O) groups is 3. The van der Waals surface area contributed by atoms with E-state index < -0.39 is 18.1 Å². The zero-order chi connectivity index (χ0) is 47.7. The van der Waals surface area contributed by atoms with Gasteiger partial charge in [-0.2, -0.15) is 0 Å². The first-order chi connectivity index (χ1) is 31.6. The fourth-order valence-corrected chi connectivity index (χ4v) is 7.83. The van der Waals surface area contributed by atoms with Gasteiger partial charge in [-0.3, -0.25) is 9.59 Å². The molecule has 0 rings (SSSR count). The largest absolute Gasteiger partial charge is 0.477 e. The van der Waals surface area contributed by atoms with E-state index >= 15 is 0 Å². The molecule has 2 atom stereocenters. The number of likely N-dealkylation sites (N-methyl/N-ethyl adjacent to an activating group) is 1. The third kappa shape index (κ3) is 46.0. The molecular formula is C57H102NO7+. The fourth-order valence-electron chi connectivity index (χ4n) is 7.83. The number of carboxylic acids is 1. The number of allylic oxidation sites excluding steroid dienone is 10. The number of carbonyl (C=O) groups excluding carboxylic acids is 2. The summed E-state index contributed by atoms with van der Waals surface area (Å²) < 4.78 is 17.4. The van der Waals surface area contributed by atoms with Crippen molar-refractivity contribution < 1.29 is 38.2 Å². The van der Waals surface area contributed by atoms with Crippen LogP contribution in [0.25, 0.3) is 0 Å². The number of aliphatic carboxylic acids is 1. The summed E-state index contributed by atoms with van der Waals surface area (Å²) in [5.41, 5.74) is 0. The molecular weight excluding hydrogens is 811 g/mol. The van der Waals surface area contributed by atoms with Crippen molar-refractivity contribution in [2.45, 2.75) is 244 Å². The van der Waals surface area contributed by atoms with Gasteiger partial charge < -0.3 is 23.8 Å². The number of esters is 2. The molecule has 0 bridgehead atoms. The highest BCUT2D eigenvalue weighted by Crippen LogP contribution is 2.16. The molecule has 0 radical (unpaired) electrons. The van der Waals surface area contributed by atoms with Crippen LogP contribution in [-0.2, 0) is 28.6 Å². The summed E-state index contributed by atoms with van der Waals surface area (Å²) in [5, 5.41) is 9.66. The number of nitrogens with zero attached hydrogens (tertiary/aromatic N) is 1. The van der Waals surface area contributed by atoms with Crippen LogP contribution >= 0.6 is 0 Å². The second-order valence-electron chi connectivity index (χ2n) is 19.1. The number of rotatable bonds is 48. The summed E-state index contributed by atoms with van der Waals surface area (Å²) in [7, 11) is 5.53. The first-order valence-corrected chi connectivity index (χ1v) is 26.8. The monoisotopic (exact) mass is 913 g/mol. The lowest BCUT2D eigenvalue weighted by Crippen LogP contribution is -2.50. The van der Waals surface area contributed by atoms with Gasteiger partial charge in [0.15, 0.2) is 12.1 Å². The van der Waals surface area contributed by atoms with E-state index in [4.69, 9.17) is 14.2 Å². The first-order valence-electron chi connectivity index (χ1n) is 26.8. The van der Waals surface area contributed by atoms with Gasteiger partial charge in [-0.25, -0.2) is 4.79 Å². The molecule has 0 saturated heterocycles. The maximum absolute atomic E-state index is 12.8. The Morgan fingerprint density at radius 1 is 0.477 bits per heavy atom. The lowest BCUT2D eigenvalue weighted by atomic mass is 10.0. The Labute approximate surface area is 400 Å². The van der Waals surface area contributed by atoms with Crippen molar-refractivity contribution in [3.63, 3.8) is 0 Å². The lowest BCUT2D eigenvalue weighted by Gasteiger charge is -2.31. The summed E-state index contributed by atoms with van der Waals surface area (Å²) in [6, 6.07) is -0.622. The van der Waals surface area contributed by atoms with Crippen LogP contribution in [0.1, 0.15) is 232 Å². The van der Waals surface area contributed by atoms with Crippen LogP contribution in [0.4, 0.5) is 0 Å². The Morgan fingerprint density at radius 3 is 1.28 bits per heavy atom. The van der Waals surface area contributed by atoms with Crippen molar-refractivity contribution in [2.24, 2.45) is 0 Å². The molecule has 0 heterocycles. The van der Waals surface area contributed by atoms with Gasteiger partial charge in [-0.1, -0.05) is 216 Å². The molecule has 376 valence electrons. The Hall–Kier alpha value is -2.97. The number of unbranched alkanes of at least 4 members (excludes halogenated alkanes) is 24. The van der Waals surface area contributed by atoms with Gasteiger partial charge in [0, 0.05) is 19.3 Å². The van der Waals surface area contributed by atoms with E-state index in [-0.39, 0.29) is 36.2 Å². The predicted octanol–water partition coefficient (Wildman–Crippen LogP) is 15.7. The highest BCUT2D eigenvalue weighted by molar-refractivity contribution is 5.72. The highest BCUT2D eigenvalue weighted by atomic mass is 16.6. The third-order valence-corrected chi connectivity index (χ3v) is 11.9. The van der Waals surface area contributed by atoms with Gasteiger partial charge in [0.25, 0.3) is 0 Å². The van der Waals surface area contributed by atoms with E-state index in [1.54, 1.807) is 0 Å². The average molecular weight is 913 g/mol. The maximum atomic E-state index is 12.8. The van der Waals surface area contributed by atoms with E-state index in [1.165, 1.54) is 116 Å². The quantitative estimate of drug-likeness (QED) is 0.0281. The average Bonchev–Trinajstić information content (AvgIpc) is 3.27. The second-order valence-corrected chi connectivity index (χ2v) is 19.1. The van der Waals surface area contributed by atoms with E-state index in [0.717, 1.165) is 83.5 Å². The Bertz CT molecular complexity index is 1250. The smallest absolute Gasteiger partial charge is 0.362 e. The van der Waals surface area contributed by atoms with Gasteiger partial charge in [-0.05, 0) is 57.8 Å². The summed E-state index contributed by atoms with van der Waals surface area (Å²) in [6.45, 7) is 4.63. The van der Waals surface area contributed by atoms with Crippen LogP contribution in [0, 0.1) is 0 Å². The minimum Gasteiger partial charge on any atom is -0.477 e. The third-order valence-electron chi connectivity index (χ3n) is 11.9. The molecule has 0 fully saturated rings. The van der Waals surface area contributed by atoms with Gasteiger partial charge in [0.2, 0.25) is 0 Å². The molecule has 2 unspecified atom stereocenters. The molecule has 0 aliphatic heterocycles. The number of hydrogen-bond donors (Lipinski definition) is 1. The predicted molar refractivity (Wildman–Crippen MR) is 275 cm³/mol. The Morgan fingerprint density at radius 2 is 0.862 bits per heavy atom. The Kier molecular flexibility index (Phi) is 45.3. The van der Waals surface area contributed by atoms with Gasteiger partial charge >= 0.3 is 17.9 Å². The molecule has 65 heavy (non-hydrogen) atoms. The topological polar surface area (TPSA) is 99.1 Å². The minimum atomic E-state index is -0.879. The number of carboxylic acid groups (broad SMARTS) is 1. The molecule has 0 aromatic carbocycles. The van der Waals surface area contributed by atoms with Crippen molar-refractivity contribution in [3.8, 4) is 0 Å². The molecule has 1 N–H and O–H groups in total. The molecule has 0 amide bonds. The van der Waals surface area contributed by atoms with E-state index in [1.807, 2.05) is 21.1 Å². The van der Waals surface area contributed by atoms with Gasteiger partial charge in [0.05, 0.1) is 34.4 Å². The zero-order valence-corrected chi connectivity index (χ0v) is 42.9. The van der Waals surface area contributed by atoms with Crippen LogP contribution in [-0.4, -0.2) is 80.6 Å². The van der Waals surface area contributed by atoms with Crippen LogP contribution in [0.15, 0.2) is 60.8 Å². The van der Waals surface area contributed by atoms with Crippen molar-refractivity contribution in [1.82, 2.24) is 0 Å². The number of quaternary nitrogens is 1. The summed E-state index contributed by atoms with van der Waals surface area (Å²) in [4.78, 5) is 37.2. The molecule has 8 heteroatoms. The highest BCUT2D eigenvalue weighted by Gasteiger charge is 2.31. The molecule has 8 nitrogen and oxygen atoms in total. The van der Waals surface area contributed by atoms with Crippen molar-refractivity contribution in [2.75, 3.05) is 41.0 Å². The molecule has 0 saturated carbocycles. The van der Waals surface area contributed by atoms with Crippen molar-refractivity contribution in [3.05, 3.63) is 60.8 Å². The van der Waals surface area contributed by atoms with Crippen LogP contribution in [0.2, 0.25) is 0 Å². The fraction of sp³-hybridized carbons (Fsp3) is 0.772. The standard InChI is InChI=1S/C57H101NO7/c1-6-8-10-12-14-16-18-20-22-24-26-28-30-31-33-35-37-39-41-43-45-47-55(59)64-52-53(51-63-50-49-54(57(61)62)58(3,4)5)65-56(60)48-46-44-42-40-38-36-34-32-29-27-25-23-21-19-17-15-13-11-9-7-2/h9,11,15,17,21,23,27,29,34,36,53-54H,6-8,10,12-14,16,18-20,22,24-26,28,30-33,35,37-52H2,1-5H3/p+1/b11-9+,17-15+,23-21+,29-27+,36-34+. The van der Waals surface area contributed by atoms with Gasteiger partial charge in [-0.15, -0.1) is 0 Å². The summed E-state index contributed by atoms with van der Waals surface area (Å²) >= 11 is 0. The number of hydrogen-bond acceptors (Lipinski definition) is 6.